The van der Waals surface area contributed by atoms with Gasteiger partial charge in [-0.3, -0.25) is 9.69 Å². The number of rotatable bonds is 8. The van der Waals surface area contributed by atoms with Gasteiger partial charge in [-0.05, 0) is 67.6 Å². The first-order valence-corrected chi connectivity index (χ1v) is 11.9. The van der Waals surface area contributed by atoms with E-state index in [1.165, 1.54) is 25.3 Å². The van der Waals surface area contributed by atoms with Crippen LogP contribution in [0.3, 0.4) is 0 Å². The largest absolute Gasteiger partial charge is 0.489 e. The molecule has 0 N–H and O–H groups in total. The molecule has 1 aliphatic carbocycles. The fourth-order valence-corrected chi connectivity index (χ4v) is 5.39. The predicted molar refractivity (Wildman–Crippen MR) is 127 cm³/mol. The Labute approximate surface area is 204 Å². The van der Waals surface area contributed by atoms with Crippen molar-refractivity contribution >= 4 is 29.2 Å². The Morgan fingerprint density at radius 1 is 1.15 bits per heavy atom. The van der Waals surface area contributed by atoms with Crippen LogP contribution in [-0.2, 0) is 38.8 Å². The van der Waals surface area contributed by atoms with E-state index >= 15 is 0 Å². The smallest absolute Gasteiger partial charge is 0.315 e. The van der Waals surface area contributed by atoms with Gasteiger partial charge in [0.1, 0.15) is 17.8 Å². The number of hydrogen-bond donors (Lipinski definition) is 0. The average molecular weight is 494 g/mol. The summed E-state index contributed by atoms with van der Waals surface area (Å²) in [6.45, 7) is 1.98. The number of nitrogens with zero attached hydrogens (tertiary/aromatic N) is 1. The van der Waals surface area contributed by atoms with Crippen molar-refractivity contribution in [2.45, 2.75) is 38.3 Å². The van der Waals surface area contributed by atoms with Gasteiger partial charge < -0.3 is 9.47 Å². The Balaban J connectivity index is 1.40. The molecule has 8 heteroatoms. The highest BCUT2D eigenvalue weighted by Crippen LogP contribution is 2.37. The maximum atomic E-state index is 12.5. The van der Waals surface area contributed by atoms with E-state index in [1.54, 1.807) is 0 Å². The molecule has 2 aromatic carbocycles. The van der Waals surface area contributed by atoms with Crippen LogP contribution in [0.2, 0.25) is 10.0 Å². The number of hydrogen-bond acceptors (Lipinski definition) is 6. The van der Waals surface area contributed by atoms with E-state index in [-0.39, 0.29) is 12.6 Å². The van der Waals surface area contributed by atoms with Crippen LogP contribution in [0.5, 0.6) is 5.75 Å². The van der Waals surface area contributed by atoms with Crippen molar-refractivity contribution in [3.8, 4) is 5.75 Å². The van der Waals surface area contributed by atoms with Crippen molar-refractivity contribution in [1.82, 2.24) is 4.90 Å². The molecule has 2 aromatic rings. The molecule has 0 spiro atoms. The highest BCUT2D eigenvalue weighted by atomic mass is 35.5. The summed E-state index contributed by atoms with van der Waals surface area (Å²) in [7, 11) is 2.88. The topological polar surface area (TPSA) is 57.2 Å². The molecule has 178 valence electrons. The molecule has 2 unspecified atom stereocenters. The van der Waals surface area contributed by atoms with Crippen LogP contribution in [-0.4, -0.2) is 50.8 Å². The van der Waals surface area contributed by atoms with E-state index in [9.17, 15) is 4.79 Å². The van der Waals surface area contributed by atoms with Crippen LogP contribution in [0.1, 0.15) is 29.5 Å². The molecule has 1 heterocycles. The molecule has 33 heavy (non-hydrogen) atoms. The Kier molecular flexibility index (Phi) is 7.82. The first kappa shape index (κ1) is 24.3. The van der Waals surface area contributed by atoms with Crippen molar-refractivity contribution in [2.75, 3.05) is 33.9 Å². The van der Waals surface area contributed by atoms with E-state index in [0.29, 0.717) is 35.7 Å². The van der Waals surface area contributed by atoms with Crippen LogP contribution in [0, 0.1) is 5.41 Å². The number of carbonyl (C=O) groups excluding carboxylic acids is 1. The predicted octanol–water partition coefficient (Wildman–Crippen LogP) is 4.87. The molecule has 0 bridgehead atoms. The fourth-order valence-electron chi connectivity index (χ4n) is 4.89. The van der Waals surface area contributed by atoms with Crippen molar-refractivity contribution in [1.29, 1.82) is 0 Å². The van der Waals surface area contributed by atoms with Gasteiger partial charge in [0, 0.05) is 28.2 Å². The van der Waals surface area contributed by atoms with Gasteiger partial charge in [0.2, 0.25) is 0 Å². The zero-order valence-corrected chi connectivity index (χ0v) is 20.5. The number of fused-ring (bicyclic) bond motifs is 1. The highest BCUT2D eigenvalue weighted by Gasteiger charge is 2.48. The van der Waals surface area contributed by atoms with Crippen LogP contribution in [0.4, 0.5) is 0 Å². The van der Waals surface area contributed by atoms with Crippen LogP contribution in [0.15, 0.2) is 36.4 Å². The Morgan fingerprint density at radius 2 is 1.94 bits per heavy atom. The summed E-state index contributed by atoms with van der Waals surface area (Å²) in [5, 5.41) is 1.21. The second-order valence-electron chi connectivity index (χ2n) is 8.74. The lowest BCUT2D eigenvalue weighted by Crippen LogP contribution is -2.43. The molecule has 0 saturated carbocycles. The second kappa shape index (κ2) is 10.6. The second-order valence-corrected chi connectivity index (χ2v) is 9.55. The van der Waals surface area contributed by atoms with Gasteiger partial charge in [-0.25, -0.2) is 9.78 Å². The number of benzene rings is 2. The molecule has 1 fully saturated rings. The molecule has 1 saturated heterocycles. The third-order valence-corrected chi connectivity index (χ3v) is 7.50. The molecule has 6 nitrogen and oxygen atoms in total. The van der Waals surface area contributed by atoms with Crippen molar-refractivity contribution < 1.29 is 24.0 Å². The van der Waals surface area contributed by atoms with E-state index in [1.807, 2.05) is 24.3 Å². The van der Waals surface area contributed by atoms with Crippen molar-refractivity contribution in [3.05, 3.63) is 63.1 Å². The van der Waals surface area contributed by atoms with E-state index < -0.39 is 5.41 Å². The SMILES string of the molecule is COOCC1(C(=O)OC)CCN(C2CCc3cc(OCc4c(Cl)cccc4Cl)ccc3C2)C1. The van der Waals surface area contributed by atoms with Gasteiger partial charge in [0.25, 0.3) is 0 Å². The lowest BCUT2D eigenvalue weighted by molar-refractivity contribution is -0.288. The minimum atomic E-state index is -0.678. The third kappa shape index (κ3) is 5.31. The van der Waals surface area contributed by atoms with E-state index in [4.69, 9.17) is 42.5 Å². The summed E-state index contributed by atoms with van der Waals surface area (Å²) in [6.07, 6.45) is 3.62. The number of halogens is 2. The lowest BCUT2D eigenvalue weighted by Gasteiger charge is -2.34. The van der Waals surface area contributed by atoms with Crippen LogP contribution >= 0.6 is 23.2 Å². The summed E-state index contributed by atoms with van der Waals surface area (Å²) < 4.78 is 11.1. The fraction of sp³-hybridized carbons (Fsp3) is 0.480. The summed E-state index contributed by atoms with van der Waals surface area (Å²) in [6, 6.07) is 12.1. The van der Waals surface area contributed by atoms with Gasteiger partial charge in [-0.2, -0.15) is 0 Å². The van der Waals surface area contributed by atoms with E-state index in [0.717, 1.165) is 37.1 Å². The first-order chi connectivity index (χ1) is 16.0. The summed E-state index contributed by atoms with van der Waals surface area (Å²) in [5.74, 6) is 0.574. The number of aryl methyl sites for hydroxylation is 1. The standard InChI is InChI=1S/C25H29Cl2NO5/c1-30-24(29)25(16-33-31-2)10-11-28(15-25)19-8-6-18-13-20(9-7-17(18)12-19)32-14-21-22(26)4-3-5-23(21)27/h3-5,7,9,13,19H,6,8,10-12,14-16H2,1-2H3. The highest BCUT2D eigenvalue weighted by molar-refractivity contribution is 6.35. The van der Waals surface area contributed by atoms with Gasteiger partial charge in [-0.1, -0.05) is 35.3 Å². The first-order valence-electron chi connectivity index (χ1n) is 11.1. The number of ether oxygens (including phenoxy) is 2. The zero-order valence-electron chi connectivity index (χ0n) is 18.9. The molecule has 1 aliphatic heterocycles. The molecule has 4 rings (SSSR count). The average Bonchev–Trinajstić information content (AvgIpc) is 3.27. The maximum absolute atomic E-state index is 12.5. The Hall–Kier alpha value is -1.83. The quantitative estimate of drug-likeness (QED) is 0.297. The molecule has 0 amide bonds. The number of esters is 1. The molecule has 0 radical (unpaired) electrons. The maximum Gasteiger partial charge on any atom is 0.315 e. The van der Waals surface area contributed by atoms with Gasteiger partial charge >= 0.3 is 5.97 Å². The minimum absolute atomic E-state index is 0.201. The molecular formula is C25H29Cl2NO5. The van der Waals surface area contributed by atoms with Gasteiger partial charge in [0.15, 0.2) is 0 Å². The number of likely N-dealkylation sites (tertiary alicyclic amines) is 1. The molecule has 2 aliphatic rings. The number of carbonyl (C=O) groups is 1. The molecular weight excluding hydrogens is 465 g/mol. The van der Waals surface area contributed by atoms with E-state index in [2.05, 4.69) is 17.0 Å². The minimum Gasteiger partial charge on any atom is -0.489 e. The lowest BCUT2D eigenvalue weighted by atomic mass is 9.86. The number of methoxy groups -OCH3 is 1. The Morgan fingerprint density at radius 3 is 2.67 bits per heavy atom. The van der Waals surface area contributed by atoms with Crippen LogP contribution < -0.4 is 4.74 Å². The van der Waals surface area contributed by atoms with Crippen LogP contribution in [0.25, 0.3) is 0 Å². The summed E-state index contributed by atoms with van der Waals surface area (Å²) in [4.78, 5) is 24.8. The summed E-state index contributed by atoms with van der Waals surface area (Å²) in [5.41, 5.74) is 2.73. The van der Waals surface area contributed by atoms with Crippen molar-refractivity contribution in [2.24, 2.45) is 5.41 Å². The zero-order chi connectivity index (χ0) is 23.4. The van der Waals surface area contributed by atoms with Gasteiger partial charge in [0.05, 0.1) is 20.8 Å². The monoisotopic (exact) mass is 493 g/mol. The van der Waals surface area contributed by atoms with Gasteiger partial charge in [-0.15, -0.1) is 0 Å². The normalized spacial score (nSPS) is 22.7. The summed E-state index contributed by atoms with van der Waals surface area (Å²) >= 11 is 12.5. The molecule has 0 aromatic heterocycles. The van der Waals surface area contributed by atoms with Crippen molar-refractivity contribution in [3.63, 3.8) is 0 Å². The molecule has 2 atom stereocenters. The third-order valence-electron chi connectivity index (χ3n) is 6.80. The Bertz CT molecular complexity index is 981.